The number of hydrogen-bond donors (Lipinski definition) is 2. The van der Waals surface area contributed by atoms with Crippen LogP contribution in [0.2, 0.25) is 0 Å². The van der Waals surface area contributed by atoms with Crippen molar-refractivity contribution in [1.82, 2.24) is 0 Å². The first-order chi connectivity index (χ1) is 12.1. The van der Waals surface area contributed by atoms with Gasteiger partial charge in [0.05, 0.1) is 21.2 Å². The average Bonchev–Trinajstić information content (AvgIpc) is 2.83. The van der Waals surface area contributed by atoms with Crippen molar-refractivity contribution < 1.29 is 25.8 Å². The van der Waals surface area contributed by atoms with Crippen LogP contribution in [0.3, 0.4) is 0 Å². The molecule has 2 aromatic rings. The van der Waals surface area contributed by atoms with Crippen molar-refractivity contribution in [3.05, 3.63) is 71.8 Å². The quantitative estimate of drug-likeness (QED) is 0.811. The van der Waals surface area contributed by atoms with Gasteiger partial charge in [-0.05, 0) is 11.1 Å². The van der Waals surface area contributed by atoms with Crippen LogP contribution >= 0.6 is 0 Å². The Hall–Kier alpha value is -1.76. The van der Waals surface area contributed by atoms with Gasteiger partial charge < -0.3 is 24.4 Å². The summed E-state index contributed by atoms with van der Waals surface area (Å²) in [5, 5.41) is 20.4. The summed E-state index contributed by atoms with van der Waals surface area (Å²) in [5.41, 5.74) is 1.88. The lowest BCUT2D eigenvalue weighted by molar-refractivity contribution is -0.152. The first-order valence-corrected chi connectivity index (χ1v) is 7.92. The zero-order chi connectivity index (χ0) is 17.7. The zero-order valence-electron chi connectivity index (χ0n) is 14.2. The van der Waals surface area contributed by atoms with E-state index >= 15 is 0 Å². The molecular formula is C19H22O5. The Morgan fingerprint density at radius 1 is 0.917 bits per heavy atom. The van der Waals surface area contributed by atoms with Gasteiger partial charge in [-0.2, -0.15) is 0 Å². The molecule has 3 rings (SSSR count). The third-order valence-corrected chi connectivity index (χ3v) is 3.87. The van der Waals surface area contributed by atoms with Crippen LogP contribution in [0.25, 0.3) is 0 Å². The summed E-state index contributed by atoms with van der Waals surface area (Å²) in [6, 6.07) is 19.0. The minimum Gasteiger partial charge on any atom is -0.387 e. The van der Waals surface area contributed by atoms with Gasteiger partial charge >= 0.3 is 0 Å². The normalized spacial score (nSPS) is 30.2. The van der Waals surface area contributed by atoms with E-state index in [9.17, 15) is 10.2 Å². The van der Waals surface area contributed by atoms with Gasteiger partial charge in [-0.1, -0.05) is 60.7 Å². The molecule has 0 aromatic heterocycles. The van der Waals surface area contributed by atoms with Crippen molar-refractivity contribution in [2.45, 2.75) is 37.8 Å². The summed E-state index contributed by atoms with van der Waals surface area (Å²) in [4.78, 5) is 0. The summed E-state index contributed by atoms with van der Waals surface area (Å²) >= 11 is 0. The molecule has 5 heteroatoms. The van der Waals surface area contributed by atoms with Gasteiger partial charge in [-0.15, -0.1) is 0 Å². The highest BCUT2D eigenvalue weighted by atomic mass is 16.7. The van der Waals surface area contributed by atoms with Gasteiger partial charge in [0.15, 0.2) is 6.27 Å². The predicted molar refractivity (Wildman–Crippen MR) is 88.0 cm³/mol. The second-order valence-electron chi connectivity index (χ2n) is 5.70. The van der Waals surface area contributed by atoms with Gasteiger partial charge in [0, 0.05) is 0 Å². The maximum atomic E-state index is 10.3. The van der Waals surface area contributed by atoms with E-state index in [1.165, 1.54) is 0 Å². The highest BCUT2D eigenvalue weighted by Gasteiger charge is 2.43. The number of ether oxygens (including phenoxy) is 3. The Kier molecular flexibility index (Phi) is 5.49. The maximum absolute atomic E-state index is 10.3. The van der Waals surface area contributed by atoms with Crippen molar-refractivity contribution >= 4 is 0 Å². The monoisotopic (exact) mass is 331 g/mol. The van der Waals surface area contributed by atoms with Crippen molar-refractivity contribution in [1.29, 1.82) is 0 Å². The van der Waals surface area contributed by atoms with Crippen molar-refractivity contribution in [3.63, 3.8) is 0 Å². The first-order valence-electron chi connectivity index (χ1n) is 8.42. The molecule has 0 aliphatic carbocycles. The molecule has 0 bridgehead atoms. The van der Waals surface area contributed by atoms with Gasteiger partial charge in [0.2, 0.25) is 0 Å². The zero-order valence-corrected chi connectivity index (χ0v) is 13.2. The molecule has 1 heterocycles. The van der Waals surface area contributed by atoms with E-state index in [1.54, 1.807) is 0 Å². The van der Waals surface area contributed by atoms with Gasteiger partial charge in [0.25, 0.3) is 0 Å². The number of hydrogen-bond acceptors (Lipinski definition) is 5. The van der Waals surface area contributed by atoms with Crippen LogP contribution < -0.4 is 0 Å². The van der Waals surface area contributed by atoms with Gasteiger partial charge in [0.1, 0.15) is 18.3 Å². The molecule has 24 heavy (non-hydrogen) atoms. The Bertz CT molecular complexity index is 649. The molecule has 1 fully saturated rings. The number of aliphatic hydroxyl groups excluding tert-OH is 1. The number of aliphatic hydroxyl groups is 2. The molecule has 0 unspecified atom stereocenters. The van der Waals surface area contributed by atoms with Crippen LogP contribution in [-0.4, -0.2) is 41.4 Å². The molecule has 1 saturated heterocycles. The fraction of sp³-hybridized carbons (Fsp3) is 0.368. The number of rotatable bonds is 7. The molecule has 4 atom stereocenters. The molecule has 2 N–H and O–H groups in total. The predicted octanol–water partition coefficient (Wildman–Crippen LogP) is 1.87. The average molecular weight is 331 g/mol. The highest BCUT2D eigenvalue weighted by molar-refractivity contribution is 5.14. The van der Waals surface area contributed by atoms with Gasteiger partial charge in [-0.3, -0.25) is 0 Å². The minimum atomic E-state index is -2.31. The lowest BCUT2D eigenvalue weighted by Crippen LogP contribution is -2.36. The van der Waals surface area contributed by atoms with Crippen molar-refractivity contribution in [2.75, 3.05) is 6.61 Å². The van der Waals surface area contributed by atoms with Crippen molar-refractivity contribution in [3.8, 4) is 0 Å². The third kappa shape index (κ3) is 4.41. The van der Waals surface area contributed by atoms with E-state index in [2.05, 4.69) is 0 Å². The lowest BCUT2D eigenvalue weighted by Gasteiger charge is -2.18. The van der Waals surface area contributed by atoms with E-state index in [-0.39, 0.29) is 13.2 Å². The van der Waals surface area contributed by atoms with E-state index < -0.39 is 24.6 Å². The van der Waals surface area contributed by atoms with Gasteiger partial charge in [-0.25, -0.2) is 0 Å². The van der Waals surface area contributed by atoms with E-state index in [4.69, 9.17) is 15.6 Å². The topological polar surface area (TPSA) is 68.2 Å². The Morgan fingerprint density at radius 3 is 2.12 bits per heavy atom. The van der Waals surface area contributed by atoms with Crippen LogP contribution in [0.15, 0.2) is 60.7 Å². The minimum absolute atomic E-state index is 0.0580. The van der Waals surface area contributed by atoms with Crippen molar-refractivity contribution in [2.24, 2.45) is 0 Å². The van der Waals surface area contributed by atoms with Crippen LogP contribution in [0.5, 0.6) is 0 Å². The summed E-state index contributed by atoms with van der Waals surface area (Å²) in [5.74, 6) is 0. The molecule has 0 radical (unpaired) electrons. The Morgan fingerprint density at radius 2 is 1.50 bits per heavy atom. The Balaban J connectivity index is 1.52. The summed E-state index contributed by atoms with van der Waals surface area (Å²) in [6.07, 6.45) is -5.46. The third-order valence-electron chi connectivity index (χ3n) is 3.87. The molecular weight excluding hydrogens is 308 g/mol. The molecule has 0 spiro atoms. The van der Waals surface area contributed by atoms with Crippen LogP contribution in [0.4, 0.5) is 0 Å². The second kappa shape index (κ2) is 8.37. The van der Waals surface area contributed by atoms with E-state index in [0.717, 1.165) is 11.1 Å². The lowest BCUT2D eigenvalue weighted by atomic mass is 10.1. The maximum Gasteiger partial charge on any atom is 0.184 e. The SMILES string of the molecule is [2H][C@@]1(O)O[C@H](COCc2ccccc2)[C@@H](O)[C@H]1OCc1ccccc1. The molecule has 1 aliphatic heterocycles. The fourth-order valence-corrected chi connectivity index (χ4v) is 2.56. The molecule has 5 nitrogen and oxygen atoms in total. The molecule has 0 amide bonds. The highest BCUT2D eigenvalue weighted by Crippen LogP contribution is 2.24. The second-order valence-corrected chi connectivity index (χ2v) is 5.70. The largest absolute Gasteiger partial charge is 0.387 e. The van der Waals surface area contributed by atoms with E-state index in [1.807, 2.05) is 60.7 Å². The molecule has 1 aliphatic rings. The summed E-state index contributed by atoms with van der Waals surface area (Å²) in [6.45, 7) is 0.590. The van der Waals surface area contributed by atoms with E-state index in [0.29, 0.717) is 6.61 Å². The van der Waals surface area contributed by atoms with Crippen LogP contribution in [-0.2, 0) is 27.4 Å². The standard InChI is InChI=1S/C19H22O5/c20-17-16(13-22-11-14-7-3-1-4-8-14)24-19(21)18(17)23-12-15-9-5-2-6-10-15/h1-10,16-21H,11-13H2/t16-,17-,18-,19-/m1/s1/i19D. The molecule has 0 saturated carbocycles. The fourth-order valence-electron chi connectivity index (χ4n) is 2.56. The number of benzene rings is 2. The first kappa shape index (κ1) is 15.7. The Labute approximate surface area is 142 Å². The van der Waals surface area contributed by atoms with Crippen LogP contribution in [0.1, 0.15) is 12.5 Å². The molecule has 128 valence electrons. The van der Waals surface area contributed by atoms with Crippen LogP contribution in [0, 0.1) is 0 Å². The summed E-state index contributed by atoms with van der Waals surface area (Å²) < 4.78 is 24.2. The summed E-state index contributed by atoms with van der Waals surface area (Å²) in [7, 11) is 0. The molecule has 2 aromatic carbocycles. The smallest absolute Gasteiger partial charge is 0.184 e.